The molecule has 0 radical (unpaired) electrons. The number of likely N-dealkylation sites (tertiary alicyclic amines) is 1. The summed E-state index contributed by atoms with van der Waals surface area (Å²) in [6.45, 7) is 6.30. The summed E-state index contributed by atoms with van der Waals surface area (Å²) in [7, 11) is 0. The van der Waals surface area contributed by atoms with E-state index in [9.17, 15) is 4.79 Å². The van der Waals surface area contributed by atoms with Gasteiger partial charge in [0, 0.05) is 22.5 Å². The zero-order valence-corrected chi connectivity index (χ0v) is 15.3. The number of carbonyl (C=O) groups excluding carboxylic acids is 1. The van der Waals surface area contributed by atoms with Crippen molar-refractivity contribution < 1.29 is 9.32 Å². The maximum atomic E-state index is 12.1. The summed E-state index contributed by atoms with van der Waals surface area (Å²) >= 11 is 5.90. The fourth-order valence-corrected chi connectivity index (χ4v) is 3.11. The van der Waals surface area contributed by atoms with E-state index in [2.05, 4.69) is 20.4 Å². The van der Waals surface area contributed by atoms with E-state index < -0.39 is 0 Å². The summed E-state index contributed by atoms with van der Waals surface area (Å²) in [5, 5.41) is 7.71. The molecule has 3 rings (SSSR count). The molecule has 1 N–H and O–H groups in total. The van der Waals surface area contributed by atoms with Gasteiger partial charge in [-0.2, -0.15) is 4.98 Å². The van der Waals surface area contributed by atoms with Gasteiger partial charge in [-0.3, -0.25) is 9.69 Å². The number of nitrogens with one attached hydrogen (secondary N) is 1. The number of hydrogen-bond acceptors (Lipinski definition) is 5. The lowest BCUT2D eigenvalue weighted by Gasteiger charge is -2.30. The standard InChI is InChI=1S/C18H23ClN4O2/c1-12(2)20-18(24)14-7-9-23(10-8-14)11-16-21-17(22-25-16)13-3-5-15(19)6-4-13/h3-6,12,14H,7-11H2,1-2H3,(H,20,24). The number of benzene rings is 1. The molecule has 6 nitrogen and oxygen atoms in total. The molecule has 134 valence electrons. The van der Waals surface area contributed by atoms with Crippen LogP contribution in [0.25, 0.3) is 11.4 Å². The number of halogens is 1. The third-order valence-electron chi connectivity index (χ3n) is 4.32. The second-order valence-electron chi connectivity index (χ2n) is 6.73. The molecule has 1 aliphatic heterocycles. The average Bonchev–Trinajstić information content (AvgIpc) is 3.04. The number of nitrogens with zero attached hydrogens (tertiary/aromatic N) is 3. The van der Waals surface area contributed by atoms with Crippen molar-refractivity contribution in [2.75, 3.05) is 13.1 Å². The van der Waals surface area contributed by atoms with Crippen molar-refractivity contribution in [2.45, 2.75) is 39.3 Å². The fourth-order valence-electron chi connectivity index (χ4n) is 2.98. The van der Waals surface area contributed by atoms with Crippen LogP contribution in [0.4, 0.5) is 0 Å². The summed E-state index contributed by atoms with van der Waals surface area (Å²) < 4.78 is 5.36. The van der Waals surface area contributed by atoms with Gasteiger partial charge >= 0.3 is 0 Å². The predicted molar refractivity (Wildman–Crippen MR) is 96.0 cm³/mol. The zero-order valence-electron chi connectivity index (χ0n) is 14.5. The fraction of sp³-hybridized carbons (Fsp3) is 0.500. The van der Waals surface area contributed by atoms with E-state index in [1.165, 1.54) is 0 Å². The van der Waals surface area contributed by atoms with E-state index in [1.54, 1.807) is 12.1 Å². The Kier molecular flexibility index (Phi) is 5.71. The van der Waals surface area contributed by atoms with Gasteiger partial charge in [-0.05, 0) is 64.0 Å². The molecule has 0 aliphatic carbocycles. The van der Waals surface area contributed by atoms with Crippen LogP contribution in [0.3, 0.4) is 0 Å². The van der Waals surface area contributed by atoms with E-state index >= 15 is 0 Å². The number of amides is 1. The van der Waals surface area contributed by atoms with Crippen LogP contribution in [0.15, 0.2) is 28.8 Å². The molecular formula is C18H23ClN4O2. The molecule has 2 heterocycles. The minimum Gasteiger partial charge on any atom is -0.354 e. The van der Waals surface area contributed by atoms with Crippen LogP contribution in [0, 0.1) is 5.92 Å². The second kappa shape index (κ2) is 7.97. The smallest absolute Gasteiger partial charge is 0.241 e. The van der Waals surface area contributed by atoms with Crippen molar-refractivity contribution in [3.05, 3.63) is 35.2 Å². The van der Waals surface area contributed by atoms with Crippen molar-refractivity contribution in [3.63, 3.8) is 0 Å². The molecule has 0 atom stereocenters. The van der Waals surface area contributed by atoms with E-state index in [1.807, 2.05) is 26.0 Å². The van der Waals surface area contributed by atoms with Crippen LogP contribution < -0.4 is 5.32 Å². The SMILES string of the molecule is CC(C)NC(=O)C1CCN(Cc2nc(-c3ccc(Cl)cc3)no2)CC1. The van der Waals surface area contributed by atoms with E-state index in [4.69, 9.17) is 16.1 Å². The molecule has 0 unspecified atom stereocenters. The van der Waals surface area contributed by atoms with Gasteiger partial charge in [-0.1, -0.05) is 16.8 Å². The molecule has 0 spiro atoms. The van der Waals surface area contributed by atoms with Crippen molar-refractivity contribution in [3.8, 4) is 11.4 Å². The maximum absolute atomic E-state index is 12.1. The highest BCUT2D eigenvalue weighted by molar-refractivity contribution is 6.30. The molecule has 0 bridgehead atoms. The quantitative estimate of drug-likeness (QED) is 0.884. The van der Waals surface area contributed by atoms with Gasteiger partial charge in [0.1, 0.15) is 0 Å². The molecule has 1 aromatic heterocycles. The highest BCUT2D eigenvalue weighted by atomic mass is 35.5. The molecule has 2 aromatic rings. The Morgan fingerprint density at radius 1 is 1.32 bits per heavy atom. The Hall–Kier alpha value is -1.92. The second-order valence-corrected chi connectivity index (χ2v) is 7.17. The molecule has 0 saturated carbocycles. The summed E-state index contributed by atoms with van der Waals surface area (Å²) in [5.74, 6) is 1.43. The number of rotatable bonds is 5. The summed E-state index contributed by atoms with van der Waals surface area (Å²) in [5.41, 5.74) is 0.878. The number of aromatic nitrogens is 2. The molecule has 1 aromatic carbocycles. The first-order valence-electron chi connectivity index (χ1n) is 8.62. The topological polar surface area (TPSA) is 71.3 Å². The molecule has 1 saturated heterocycles. The van der Waals surface area contributed by atoms with Crippen molar-refractivity contribution >= 4 is 17.5 Å². The number of carbonyl (C=O) groups is 1. The lowest BCUT2D eigenvalue weighted by Crippen LogP contribution is -2.42. The Labute approximate surface area is 152 Å². The summed E-state index contributed by atoms with van der Waals surface area (Å²) in [6.07, 6.45) is 1.72. The minimum absolute atomic E-state index is 0.103. The van der Waals surface area contributed by atoms with Gasteiger partial charge in [0.05, 0.1) is 6.54 Å². The zero-order chi connectivity index (χ0) is 17.8. The predicted octanol–water partition coefficient (Wildman–Crippen LogP) is 3.13. The van der Waals surface area contributed by atoms with Gasteiger partial charge in [0.15, 0.2) is 0 Å². The average molecular weight is 363 g/mol. The van der Waals surface area contributed by atoms with Crippen molar-refractivity contribution in [1.29, 1.82) is 0 Å². The molecule has 25 heavy (non-hydrogen) atoms. The molecule has 7 heteroatoms. The largest absolute Gasteiger partial charge is 0.354 e. The van der Waals surface area contributed by atoms with Gasteiger partial charge in [-0.25, -0.2) is 0 Å². The minimum atomic E-state index is 0.103. The van der Waals surface area contributed by atoms with Crippen LogP contribution in [0.2, 0.25) is 5.02 Å². The van der Waals surface area contributed by atoms with Crippen molar-refractivity contribution in [1.82, 2.24) is 20.4 Å². The third-order valence-corrected chi connectivity index (χ3v) is 4.57. The maximum Gasteiger partial charge on any atom is 0.241 e. The van der Waals surface area contributed by atoms with E-state index in [0.717, 1.165) is 31.5 Å². The molecule has 1 aliphatic rings. The molecule has 1 amide bonds. The normalized spacial score (nSPS) is 16.3. The third kappa shape index (κ3) is 4.80. The lowest BCUT2D eigenvalue weighted by molar-refractivity contribution is -0.127. The molecule has 1 fully saturated rings. The Morgan fingerprint density at radius 2 is 2.00 bits per heavy atom. The van der Waals surface area contributed by atoms with E-state index in [-0.39, 0.29) is 17.9 Å². The van der Waals surface area contributed by atoms with Gasteiger partial charge < -0.3 is 9.84 Å². The lowest BCUT2D eigenvalue weighted by atomic mass is 9.95. The first-order valence-corrected chi connectivity index (χ1v) is 9.00. The van der Waals surface area contributed by atoms with Gasteiger partial charge in [-0.15, -0.1) is 0 Å². The van der Waals surface area contributed by atoms with Crippen LogP contribution in [0.1, 0.15) is 32.6 Å². The molecular weight excluding hydrogens is 340 g/mol. The summed E-state index contributed by atoms with van der Waals surface area (Å²) in [4.78, 5) is 18.8. The summed E-state index contributed by atoms with van der Waals surface area (Å²) in [6, 6.07) is 7.54. The first-order chi connectivity index (χ1) is 12.0. The van der Waals surface area contributed by atoms with Crippen LogP contribution >= 0.6 is 11.6 Å². The highest BCUT2D eigenvalue weighted by Crippen LogP contribution is 2.21. The van der Waals surface area contributed by atoms with Crippen molar-refractivity contribution in [2.24, 2.45) is 5.92 Å². The monoisotopic (exact) mass is 362 g/mol. The highest BCUT2D eigenvalue weighted by Gasteiger charge is 2.26. The number of hydrogen-bond donors (Lipinski definition) is 1. The van der Waals surface area contributed by atoms with Crippen LogP contribution in [0.5, 0.6) is 0 Å². The van der Waals surface area contributed by atoms with Crippen LogP contribution in [-0.2, 0) is 11.3 Å². The first kappa shape index (κ1) is 17.9. The Bertz CT molecular complexity index is 706. The Morgan fingerprint density at radius 3 is 2.64 bits per heavy atom. The van der Waals surface area contributed by atoms with E-state index in [0.29, 0.717) is 23.3 Å². The van der Waals surface area contributed by atoms with Gasteiger partial charge in [0.2, 0.25) is 17.6 Å². The number of piperidine rings is 1. The van der Waals surface area contributed by atoms with Crippen LogP contribution in [-0.4, -0.2) is 40.1 Å². The van der Waals surface area contributed by atoms with Gasteiger partial charge in [0.25, 0.3) is 0 Å². The Balaban J connectivity index is 1.53.